The van der Waals surface area contributed by atoms with E-state index >= 15 is 0 Å². The molecule has 0 bridgehead atoms. The number of halogens is 3. The maximum atomic E-state index is 12.3. The fraction of sp³-hybridized carbons (Fsp3) is 0. The molecule has 0 fully saturated rings. The van der Waals surface area contributed by atoms with E-state index in [4.69, 9.17) is 0 Å². The van der Waals surface area contributed by atoms with Gasteiger partial charge in [0.2, 0.25) is 0 Å². The molecule has 0 radical (unpaired) electrons. The van der Waals surface area contributed by atoms with Crippen LogP contribution in [-0.4, -0.2) is 16.8 Å². The molecule has 0 saturated carbocycles. The first-order chi connectivity index (χ1) is 7.07. The van der Waals surface area contributed by atoms with Crippen molar-refractivity contribution in [3.05, 3.63) is 42.7 Å². The summed E-state index contributed by atoms with van der Waals surface area (Å²) in [5.41, 5.74) is 0.0229. The van der Waals surface area contributed by atoms with Gasteiger partial charge in [-0.05, 0) is 18.2 Å². The molecular formula is C9H7BF3KN2. The van der Waals surface area contributed by atoms with Gasteiger partial charge in [-0.1, -0.05) is 12.1 Å². The molecule has 2 aromatic rings. The molecule has 0 unspecified atom stereocenters. The van der Waals surface area contributed by atoms with Crippen molar-refractivity contribution in [3.63, 3.8) is 0 Å². The summed E-state index contributed by atoms with van der Waals surface area (Å²) in [5, 5.41) is 3.92. The summed E-state index contributed by atoms with van der Waals surface area (Å²) in [4.78, 5) is 0. The van der Waals surface area contributed by atoms with Crippen LogP contribution in [0.5, 0.6) is 0 Å². The first-order valence-corrected chi connectivity index (χ1v) is 4.37. The van der Waals surface area contributed by atoms with Gasteiger partial charge in [0.15, 0.2) is 0 Å². The van der Waals surface area contributed by atoms with Crippen LogP contribution in [0, 0.1) is 0 Å². The average Bonchev–Trinajstić information content (AvgIpc) is 2.69. The van der Waals surface area contributed by atoms with Crippen LogP contribution in [0.4, 0.5) is 12.9 Å². The van der Waals surface area contributed by atoms with Crippen molar-refractivity contribution in [2.24, 2.45) is 0 Å². The molecule has 0 amide bonds. The van der Waals surface area contributed by atoms with Crippen molar-refractivity contribution in [1.29, 1.82) is 0 Å². The molecule has 0 saturated heterocycles. The third-order valence-corrected chi connectivity index (χ3v) is 2.04. The molecular weight excluding hydrogens is 243 g/mol. The van der Waals surface area contributed by atoms with E-state index in [2.05, 4.69) is 5.10 Å². The van der Waals surface area contributed by atoms with E-state index < -0.39 is 12.4 Å². The standard InChI is InChI=1S/C9H7BF3N2.K/c11-10(12,13)8-2-4-9(5-3-8)15-7-1-6-14-15;/h1-7H;/q-1;+1. The third-order valence-electron chi connectivity index (χ3n) is 2.04. The molecule has 2 nitrogen and oxygen atoms in total. The molecule has 0 aliphatic rings. The van der Waals surface area contributed by atoms with Crippen LogP contribution in [0.3, 0.4) is 0 Å². The number of nitrogens with zero attached hydrogens (tertiary/aromatic N) is 2. The van der Waals surface area contributed by atoms with Crippen LogP contribution in [0.25, 0.3) is 5.69 Å². The monoisotopic (exact) mass is 250 g/mol. The predicted molar refractivity (Wildman–Crippen MR) is 52.3 cm³/mol. The van der Waals surface area contributed by atoms with Gasteiger partial charge in [-0.15, -0.1) is 5.46 Å². The van der Waals surface area contributed by atoms with Crippen molar-refractivity contribution in [2.45, 2.75) is 0 Å². The summed E-state index contributed by atoms with van der Waals surface area (Å²) in [6.07, 6.45) is 3.25. The van der Waals surface area contributed by atoms with E-state index in [-0.39, 0.29) is 51.4 Å². The fourth-order valence-electron chi connectivity index (χ4n) is 1.27. The summed E-state index contributed by atoms with van der Waals surface area (Å²) in [5.74, 6) is 0. The van der Waals surface area contributed by atoms with Gasteiger partial charge in [0, 0.05) is 12.4 Å². The second-order valence-electron chi connectivity index (χ2n) is 3.12. The summed E-state index contributed by atoms with van der Waals surface area (Å²) in [6, 6.07) is 6.64. The van der Waals surface area contributed by atoms with Gasteiger partial charge < -0.3 is 12.9 Å². The van der Waals surface area contributed by atoms with Crippen molar-refractivity contribution in [3.8, 4) is 5.69 Å². The zero-order valence-electron chi connectivity index (χ0n) is 8.65. The van der Waals surface area contributed by atoms with Crippen LogP contribution in [0.2, 0.25) is 0 Å². The predicted octanol–water partition coefficient (Wildman–Crippen LogP) is -1.07. The number of hydrogen-bond acceptors (Lipinski definition) is 1. The number of aromatic nitrogens is 2. The smallest absolute Gasteiger partial charge is 0.445 e. The van der Waals surface area contributed by atoms with Crippen LogP contribution < -0.4 is 56.8 Å². The minimum atomic E-state index is -4.91. The maximum absolute atomic E-state index is 12.3. The van der Waals surface area contributed by atoms with Gasteiger partial charge in [0.25, 0.3) is 0 Å². The Morgan fingerprint density at radius 3 is 2.12 bits per heavy atom. The Bertz CT molecular complexity index is 439. The van der Waals surface area contributed by atoms with Gasteiger partial charge in [0.05, 0.1) is 5.69 Å². The molecule has 0 aliphatic carbocycles. The molecule has 1 heterocycles. The van der Waals surface area contributed by atoms with Crippen LogP contribution in [-0.2, 0) is 0 Å². The summed E-state index contributed by atoms with van der Waals surface area (Å²) >= 11 is 0. The molecule has 16 heavy (non-hydrogen) atoms. The normalized spacial score (nSPS) is 10.9. The Labute approximate surface area is 133 Å². The molecule has 0 aliphatic heterocycles. The van der Waals surface area contributed by atoms with E-state index in [1.807, 2.05) is 0 Å². The quantitative estimate of drug-likeness (QED) is 0.621. The van der Waals surface area contributed by atoms with Gasteiger partial charge in [-0.2, -0.15) is 5.10 Å². The van der Waals surface area contributed by atoms with E-state index in [1.54, 1.807) is 18.5 Å². The minimum absolute atomic E-state index is 0. The number of benzene rings is 1. The molecule has 0 N–H and O–H groups in total. The molecule has 2 rings (SSSR count). The zero-order valence-corrected chi connectivity index (χ0v) is 11.8. The maximum Gasteiger partial charge on any atom is 1.00 e. The molecule has 7 heteroatoms. The van der Waals surface area contributed by atoms with E-state index in [9.17, 15) is 12.9 Å². The molecule has 78 valence electrons. The Morgan fingerprint density at radius 1 is 1.06 bits per heavy atom. The topological polar surface area (TPSA) is 17.8 Å². The van der Waals surface area contributed by atoms with Crippen molar-refractivity contribution < 1.29 is 64.3 Å². The Kier molecular flexibility index (Phi) is 4.81. The van der Waals surface area contributed by atoms with Gasteiger partial charge >= 0.3 is 58.4 Å². The largest absolute Gasteiger partial charge is 1.00 e. The number of hydrogen-bond donors (Lipinski definition) is 0. The van der Waals surface area contributed by atoms with Crippen molar-refractivity contribution in [1.82, 2.24) is 9.78 Å². The summed E-state index contributed by atoms with van der Waals surface area (Å²) in [7, 11) is 0. The molecule has 0 spiro atoms. The first kappa shape index (κ1) is 14.0. The zero-order chi connectivity index (χ0) is 10.9. The minimum Gasteiger partial charge on any atom is -0.445 e. The van der Waals surface area contributed by atoms with Crippen LogP contribution >= 0.6 is 0 Å². The summed E-state index contributed by atoms with van der Waals surface area (Å²) in [6.45, 7) is -4.91. The third kappa shape index (κ3) is 3.21. The Hall–Kier alpha value is -0.0787. The second kappa shape index (κ2) is 5.50. The van der Waals surface area contributed by atoms with Crippen molar-refractivity contribution in [2.75, 3.05) is 0 Å². The van der Waals surface area contributed by atoms with Crippen LogP contribution in [0.15, 0.2) is 42.7 Å². The fourth-order valence-corrected chi connectivity index (χ4v) is 1.27. The van der Waals surface area contributed by atoms with Crippen molar-refractivity contribution >= 4 is 12.4 Å². The average molecular weight is 250 g/mol. The van der Waals surface area contributed by atoms with Gasteiger partial charge in [0.1, 0.15) is 0 Å². The second-order valence-corrected chi connectivity index (χ2v) is 3.12. The van der Waals surface area contributed by atoms with Gasteiger partial charge in [-0.3, -0.25) is 0 Å². The van der Waals surface area contributed by atoms with E-state index in [0.29, 0.717) is 5.69 Å². The van der Waals surface area contributed by atoms with E-state index in [0.717, 1.165) is 12.1 Å². The van der Waals surface area contributed by atoms with Gasteiger partial charge in [-0.25, -0.2) is 4.68 Å². The van der Waals surface area contributed by atoms with Crippen LogP contribution in [0.1, 0.15) is 0 Å². The molecule has 0 atom stereocenters. The number of rotatable bonds is 2. The Morgan fingerprint density at radius 2 is 1.69 bits per heavy atom. The molecule has 1 aromatic heterocycles. The first-order valence-electron chi connectivity index (χ1n) is 4.37. The SMILES string of the molecule is F[B-](F)(F)c1ccc(-n2cccn2)cc1.[K+]. The van der Waals surface area contributed by atoms with E-state index in [1.165, 1.54) is 16.8 Å². The Balaban J connectivity index is 0.00000128. The summed E-state index contributed by atoms with van der Waals surface area (Å²) < 4.78 is 38.4. The molecule has 1 aromatic carbocycles.